The number of aliphatic hydroxyl groups excluding tert-OH is 1. The molecule has 0 aromatic heterocycles. The van der Waals surface area contributed by atoms with E-state index in [1.807, 2.05) is 0 Å². The van der Waals surface area contributed by atoms with Crippen LogP contribution in [-0.4, -0.2) is 59.6 Å². The number of β-amino-alcohol motifs (C(OH)–C–C–N with tert-alkyl or cyclic N) is 1. The van der Waals surface area contributed by atoms with Gasteiger partial charge in [-0.05, 0) is 37.0 Å². The van der Waals surface area contributed by atoms with Crippen LogP contribution in [0.3, 0.4) is 0 Å². The molecule has 1 saturated carbocycles. The van der Waals surface area contributed by atoms with E-state index in [0.29, 0.717) is 24.6 Å². The third-order valence-electron chi connectivity index (χ3n) is 4.53. The highest BCUT2D eigenvalue weighted by molar-refractivity contribution is 6.31. The van der Waals surface area contributed by atoms with Crippen molar-refractivity contribution >= 4 is 17.5 Å². The molecule has 0 bridgehead atoms. The molecule has 2 aliphatic rings. The Hall–Kier alpha value is -1.17. The van der Waals surface area contributed by atoms with E-state index in [0.717, 1.165) is 19.4 Å². The molecule has 1 aromatic rings. The molecule has 0 radical (unpaired) electrons. The van der Waals surface area contributed by atoms with Crippen molar-refractivity contribution in [2.24, 2.45) is 5.92 Å². The summed E-state index contributed by atoms with van der Waals surface area (Å²) in [4.78, 5) is 16.5. The van der Waals surface area contributed by atoms with Crippen molar-refractivity contribution < 1.29 is 14.3 Å². The van der Waals surface area contributed by atoms with Crippen LogP contribution in [0, 0.1) is 11.7 Å². The van der Waals surface area contributed by atoms with Gasteiger partial charge in [0.25, 0.3) is 5.91 Å². The van der Waals surface area contributed by atoms with Crippen LogP contribution in [-0.2, 0) is 0 Å². The van der Waals surface area contributed by atoms with Gasteiger partial charge in [-0.1, -0.05) is 11.6 Å². The lowest BCUT2D eigenvalue weighted by atomic mass is 10.1. The van der Waals surface area contributed by atoms with Crippen LogP contribution in [0.2, 0.25) is 5.02 Å². The average molecular weight is 327 g/mol. The Kier molecular flexibility index (Phi) is 4.39. The number of likely N-dealkylation sites (N-methyl/N-ethyl adjacent to an activating group) is 1. The topological polar surface area (TPSA) is 43.8 Å². The molecule has 1 aromatic carbocycles. The molecule has 1 atom stereocenters. The number of benzene rings is 1. The second-order valence-corrected chi connectivity index (χ2v) is 6.73. The Morgan fingerprint density at radius 1 is 1.50 bits per heavy atom. The van der Waals surface area contributed by atoms with Crippen molar-refractivity contribution in [3.05, 3.63) is 34.6 Å². The molecule has 120 valence electrons. The monoisotopic (exact) mass is 326 g/mol. The van der Waals surface area contributed by atoms with Gasteiger partial charge in [-0.3, -0.25) is 9.69 Å². The summed E-state index contributed by atoms with van der Waals surface area (Å²) in [5.41, 5.74) is 0.406. The fraction of sp³-hybridized carbons (Fsp3) is 0.562. The number of hydrogen-bond acceptors (Lipinski definition) is 3. The Labute approximate surface area is 134 Å². The van der Waals surface area contributed by atoms with Crippen LogP contribution < -0.4 is 0 Å². The minimum atomic E-state index is -0.519. The fourth-order valence-corrected chi connectivity index (χ4v) is 3.19. The van der Waals surface area contributed by atoms with Crippen LogP contribution in [0.25, 0.3) is 0 Å². The van der Waals surface area contributed by atoms with Crippen molar-refractivity contribution in [1.29, 1.82) is 0 Å². The van der Waals surface area contributed by atoms with Crippen molar-refractivity contribution in [3.63, 3.8) is 0 Å². The zero-order valence-corrected chi connectivity index (χ0v) is 13.3. The minimum absolute atomic E-state index is 0.0342. The van der Waals surface area contributed by atoms with Gasteiger partial charge in [-0.15, -0.1) is 0 Å². The molecule has 4 nitrogen and oxygen atoms in total. The first kappa shape index (κ1) is 15.7. The molecule has 0 unspecified atom stereocenters. The van der Waals surface area contributed by atoms with Gasteiger partial charge >= 0.3 is 0 Å². The molecule has 0 spiro atoms. The van der Waals surface area contributed by atoms with Crippen LogP contribution in [0.15, 0.2) is 18.2 Å². The van der Waals surface area contributed by atoms with Gasteiger partial charge in [0, 0.05) is 38.3 Å². The van der Waals surface area contributed by atoms with Gasteiger partial charge < -0.3 is 10.0 Å². The normalized spacial score (nSPS) is 20.5. The Morgan fingerprint density at radius 3 is 2.73 bits per heavy atom. The molecular weight excluding hydrogens is 307 g/mol. The van der Waals surface area contributed by atoms with Crippen LogP contribution in [0.1, 0.15) is 23.2 Å². The minimum Gasteiger partial charge on any atom is -0.390 e. The lowest BCUT2D eigenvalue weighted by Gasteiger charge is -2.40. The number of carbonyl (C=O) groups excluding carboxylic acids is 1. The number of halogens is 2. The number of hydrogen-bond donors (Lipinski definition) is 1. The van der Waals surface area contributed by atoms with Crippen molar-refractivity contribution in [3.8, 4) is 0 Å². The van der Waals surface area contributed by atoms with E-state index in [-0.39, 0.29) is 23.1 Å². The summed E-state index contributed by atoms with van der Waals surface area (Å²) >= 11 is 5.77. The van der Waals surface area contributed by atoms with Gasteiger partial charge in [0.15, 0.2) is 0 Å². The highest BCUT2D eigenvalue weighted by atomic mass is 35.5. The zero-order valence-electron chi connectivity index (χ0n) is 12.5. The number of likely N-dealkylation sites (tertiary alicyclic amines) is 1. The number of nitrogens with zero attached hydrogens (tertiary/aromatic N) is 2. The molecule has 1 amide bonds. The Bertz CT molecular complexity index is 573. The molecule has 1 aliphatic carbocycles. The summed E-state index contributed by atoms with van der Waals surface area (Å²) in [6.45, 7) is 2.13. The smallest absolute Gasteiger partial charge is 0.253 e. The van der Waals surface area contributed by atoms with Gasteiger partial charge in [0.2, 0.25) is 0 Å². The first-order chi connectivity index (χ1) is 10.5. The highest BCUT2D eigenvalue weighted by Crippen LogP contribution is 2.36. The fourth-order valence-electron chi connectivity index (χ4n) is 3.01. The maximum atomic E-state index is 13.2. The molecule has 22 heavy (non-hydrogen) atoms. The second kappa shape index (κ2) is 6.14. The quantitative estimate of drug-likeness (QED) is 0.900. The molecular formula is C16H20ClFN2O2. The zero-order chi connectivity index (χ0) is 15.9. The number of carbonyl (C=O) groups is 1. The summed E-state index contributed by atoms with van der Waals surface area (Å²) in [6, 6.07) is 4.20. The molecule has 1 N–H and O–H groups in total. The molecule has 3 rings (SSSR count). The molecule has 6 heteroatoms. The van der Waals surface area contributed by atoms with E-state index in [2.05, 4.69) is 4.90 Å². The summed E-state index contributed by atoms with van der Waals surface area (Å²) < 4.78 is 13.2. The van der Waals surface area contributed by atoms with Gasteiger partial charge in [-0.2, -0.15) is 0 Å². The van der Waals surface area contributed by atoms with Gasteiger partial charge in [0.05, 0.1) is 11.1 Å². The van der Waals surface area contributed by atoms with E-state index >= 15 is 0 Å². The molecule has 1 saturated heterocycles. The third kappa shape index (κ3) is 3.26. The summed E-state index contributed by atoms with van der Waals surface area (Å²) in [5, 5.41) is 9.36. The van der Waals surface area contributed by atoms with Crippen molar-refractivity contribution in [2.75, 3.05) is 26.7 Å². The second-order valence-electron chi connectivity index (χ2n) is 6.32. The van der Waals surface area contributed by atoms with Crippen LogP contribution in [0.4, 0.5) is 4.39 Å². The lowest BCUT2D eigenvalue weighted by Crippen LogP contribution is -2.56. The van der Waals surface area contributed by atoms with E-state index < -0.39 is 5.82 Å². The molecule has 2 fully saturated rings. The predicted molar refractivity (Wildman–Crippen MR) is 82.5 cm³/mol. The van der Waals surface area contributed by atoms with Gasteiger partial charge in [0.1, 0.15) is 5.82 Å². The predicted octanol–water partition coefficient (Wildman–Crippen LogP) is 2.01. The number of rotatable bonds is 5. The summed E-state index contributed by atoms with van der Waals surface area (Å²) in [6.07, 6.45) is 2.02. The van der Waals surface area contributed by atoms with E-state index in [1.54, 1.807) is 11.9 Å². The standard InChI is InChI=1S/C16H20ClFN2O2/c1-19(16(22)11-4-5-14(18)13(17)6-11)15(10-2-3-10)9-20-7-12(21)8-20/h4-6,10,12,15,21H,2-3,7-9H2,1H3/t15-/m1/s1. The number of amides is 1. The Morgan fingerprint density at radius 2 is 2.18 bits per heavy atom. The maximum absolute atomic E-state index is 13.2. The first-order valence-corrected chi connectivity index (χ1v) is 7.96. The maximum Gasteiger partial charge on any atom is 0.253 e. The number of aliphatic hydroxyl groups is 1. The van der Waals surface area contributed by atoms with Gasteiger partial charge in [-0.25, -0.2) is 4.39 Å². The SMILES string of the molecule is CN(C(=O)c1ccc(F)c(Cl)c1)[C@H](CN1CC(O)C1)C1CC1. The molecule has 1 heterocycles. The lowest BCUT2D eigenvalue weighted by molar-refractivity contribution is -0.0127. The first-order valence-electron chi connectivity index (χ1n) is 7.58. The van der Waals surface area contributed by atoms with Crippen LogP contribution >= 0.6 is 11.6 Å². The largest absolute Gasteiger partial charge is 0.390 e. The highest BCUT2D eigenvalue weighted by Gasteiger charge is 2.39. The Balaban J connectivity index is 1.70. The van der Waals surface area contributed by atoms with Crippen LogP contribution in [0.5, 0.6) is 0 Å². The van der Waals surface area contributed by atoms with E-state index in [1.165, 1.54) is 18.2 Å². The summed E-state index contributed by atoms with van der Waals surface area (Å²) in [7, 11) is 1.79. The average Bonchev–Trinajstić information content (AvgIpc) is 3.28. The van der Waals surface area contributed by atoms with Crippen molar-refractivity contribution in [2.45, 2.75) is 25.0 Å². The van der Waals surface area contributed by atoms with E-state index in [9.17, 15) is 14.3 Å². The van der Waals surface area contributed by atoms with Crippen molar-refractivity contribution in [1.82, 2.24) is 9.80 Å². The van der Waals surface area contributed by atoms with E-state index in [4.69, 9.17) is 11.6 Å². The molecule has 1 aliphatic heterocycles. The summed E-state index contributed by atoms with van der Waals surface area (Å²) in [5.74, 6) is -0.142. The third-order valence-corrected chi connectivity index (χ3v) is 4.82.